The third-order valence-electron chi connectivity index (χ3n) is 3.15. The van der Waals surface area contributed by atoms with Gasteiger partial charge in [0.25, 0.3) is 0 Å². The van der Waals surface area contributed by atoms with Crippen LogP contribution in [0.3, 0.4) is 0 Å². The fraction of sp³-hybridized carbons (Fsp3) is 0.750. The van der Waals surface area contributed by atoms with Crippen molar-refractivity contribution >= 4 is 28.4 Å². The number of nitrogens with one attached hydrogen (secondary N) is 1. The molecule has 0 amide bonds. The Labute approximate surface area is 142 Å². The first-order valence-corrected chi connectivity index (χ1v) is 8.67. The first-order chi connectivity index (χ1) is 9.63. The molecule has 5 heteroatoms. The second-order valence-corrected chi connectivity index (χ2v) is 7.76. The summed E-state index contributed by atoms with van der Waals surface area (Å²) in [5.74, 6) is 1.66. The number of rotatable bonds is 6. The normalized spacial score (nSPS) is 12.6. The molecule has 120 valence electrons. The maximum Gasteiger partial charge on any atom is 0.162 e. The van der Waals surface area contributed by atoms with E-state index in [2.05, 4.69) is 55.6 Å². The van der Waals surface area contributed by atoms with E-state index >= 15 is 0 Å². The second kappa shape index (κ2) is 7.22. The first kappa shape index (κ1) is 18.6. The summed E-state index contributed by atoms with van der Waals surface area (Å²) >= 11 is 2.34. The minimum atomic E-state index is -0.484. The molecule has 1 aromatic heterocycles. The number of ether oxygens (including phenoxy) is 1. The maximum atomic E-state index is 5.83. The lowest BCUT2D eigenvalue weighted by molar-refractivity contribution is -0.0210. The Morgan fingerprint density at radius 1 is 1.10 bits per heavy atom. The Hall–Kier alpha value is -0.430. The van der Waals surface area contributed by atoms with Crippen LogP contribution in [0.4, 0.5) is 5.82 Å². The molecular formula is C16H28IN3O. The summed E-state index contributed by atoms with van der Waals surface area (Å²) in [4.78, 5) is 9.54. The Kier molecular flexibility index (Phi) is 6.40. The number of hydrogen-bond donors (Lipinski definition) is 1. The van der Waals surface area contributed by atoms with E-state index < -0.39 is 5.60 Å². The van der Waals surface area contributed by atoms with Gasteiger partial charge in [0.05, 0.1) is 9.26 Å². The van der Waals surface area contributed by atoms with Gasteiger partial charge in [0, 0.05) is 18.6 Å². The highest BCUT2D eigenvalue weighted by Crippen LogP contribution is 2.32. The van der Waals surface area contributed by atoms with Gasteiger partial charge in [0.2, 0.25) is 0 Å². The van der Waals surface area contributed by atoms with Crippen molar-refractivity contribution in [3.63, 3.8) is 0 Å². The van der Waals surface area contributed by atoms with Crippen molar-refractivity contribution in [1.82, 2.24) is 9.97 Å². The molecular weight excluding hydrogens is 377 g/mol. The largest absolute Gasteiger partial charge is 0.369 e. The predicted octanol–water partition coefficient (Wildman–Crippen LogP) is 4.47. The molecule has 0 saturated carbocycles. The molecule has 0 atom stereocenters. The Balaban J connectivity index is 3.39. The minimum absolute atomic E-state index is 0.0286. The van der Waals surface area contributed by atoms with Crippen LogP contribution in [-0.2, 0) is 15.8 Å². The molecule has 0 bridgehead atoms. The summed E-state index contributed by atoms with van der Waals surface area (Å²) in [6, 6.07) is 0. The van der Waals surface area contributed by atoms with Crippen molar-refractivity contribution in [2.45, 2.75) is 65.9 Å². The number of anilines is 1. The van der Waals surface area contributed by atoms with Gasteiger partial charge in [-0.05, 0) is 49.8 Å². The Morgan fingerprint density at radius 2 is 1.71 bits per heavy atom. The molecule has 1 heterocycles. The van der Waals surface area contributed by atoms with Crippen LogP contribution in [0.15, 0.2) is 0 Å². The molecule has 1 aromatic rings. The van der Waals surface area contributed by atoms with Crippen molar-refractivity contribution in [3.05, 3.63) is 15.1 Å². The van der Waals surface area contributed by atoms with E-state index in [9.17, 15) is 0 Å². The lowest BCUT2D eigenvalue weighted by Crippen LogP contribution is -2.29. The van der Waals surface area contributed by atoms with Crippen molar-refractivity contribution in [2.75, 3.05) is 18.5 Å². The summed E-state index contributed by atoms with van der Waals surface area (Å²) in [7, 11) is 0. The van der Waals surface area contributed by atoms with E-state index in [1.807, 2.05) is 20.8 Å². The number of aromatic nitrogens is 2. The molecule has 4 nitrogen and oxygen atoms in total. The molecule has 0 aliphatic carbocycles. The van der Waals surface area contributed by atoms with E-state index in [-0.39, 0.29) is 5.41 Å². The lowest BCUT2D eigenvalue weighted by atomic mass is 9.91. The standard InChI is InChI=1S/C16H28IN3O/c1-8-10-18-13-11(17)12(15(3,4)5)19-14(20-13)16(6,7)21-9-2/h8-10H2,1-7H3,(H,18,19,20). The molecule has 0 aromatic carbocycles. The van der Waals surface area contributed by atoms with E-state index in [0.717, 1.165) is 33.9 Å². The van der Waals surface area contributed by atoms with Crippen LogP contribution in [-0.4, -0.2) is 23.1 Å². The van der Waals surface area contributed by atoms with Gasteiger partial charge in [0.15, 0.2) is 5.82 Å². The van der Waals surface area contributed by atoms with Gasteiger partial charge in [0.1, 0.15) is 11.4 Å². The van der Waals surface area contributed by atoms with Crippen LogP contribution in [0.25, 0.3) is 0 Å². The van der Waals surface area contributed by atoms with Crippen LogP contribution < -0.4 is 5.32 Å². The zero-order chi connectivity index (χ0) is 16.3. The van der Waals surface area contributed by atoms with Crippen LogP contribution in [0, 0.1) is 3.57 Å². The van der Waals surface area contributed by atoms with E-state index in [0.29, 0.717) is 6.61 Å². The summed E-state index contributed by atoms with van der Waals surface area (Å²) in [5, 5.41) is 3.42. The van der Waals surface area contributed by atoms with Crippen molar-refractivity contribution in [1.29, 1.82) is 0 Å². The molecule has 0 spiro atoms. The summed E-state index contributed by atoms with van der Waals surface area (Å²) in [6.45, 7) is 16.3. The van der Waals surface area contributed by atoms with Gasteiger partial charge in [-0.25, -0.2) is 9.97 Å². The van der Waals surface area contributed by atoms with Crippen molar-refractivity contribution < 1.29 is 4.74 Å². The number of nitrogens with zero attached hydrogens (tertiary/aromatic N) is 2. The van der Waals surface area contributed by atoms with Crippen molar-refractivity contribution in [2.24, 2.45) is 0 Å². The molecule has 1 N–H and O–H groups in total. The molecule has 0 radical (unpaired) electrons. The zero-order valence-corrected chi connectivity index (χ0v) is 16.5. The molecule has 0 unspecified atom stereocenters. The predicted molar refractivity (Wildman–Crippen MR) is 96.9 cm³/mol. The zero-order valence-electron chi connectivity index (χ0n) is 14.3. The monoisotopic (exact) mass is 405 g/mol. The number of halogens is 1. The summed E-state index contributed by atoms with van der Waals surface area (Å²) < 4.78 is 6.93. The summed E-state index contributed by atoms with van der Waals surface area (Å²) in [6.07, 6.45) is 1.06. The second-order valence-electron chi connectivity index (χ2n) is 6.68. The molecule has 21 heavy (non-hydrogen) atoms. The van der Waals surface area contributed by atoms with Crippen LogP contribution in [0.5, 0.6) is 0 Å². The van der Waals surface area contributed by atoms with Gasteiger partial charge in [-0.3, -0.25) is 0 Å². The topological polar surface area (TPSA) is 47.0 Å². The smallest absolute Gasteiger partial charge is 0.162 e. The van der Waals surface area contributed by atoms with Gasteiger partial charge >= 0.3 is 0 Å². The minimum Gasteiger partial charge on any atom is -0.369 e. The average Bonchev–Trinajstić information content (AvgIpc) is 2.35. The molecule has 0 saturated heterocycles. The Bertz CT molecular complexity index is 481. The van der Waals surface area contributed by atoms with Gasteiger partial charge in [-0.2, -0.15) is 0 Å². The van der Waals surface area contributed by atoms with Gasteiger partial charge in [-0.1, -0.05) is 27.7 Å². The maximum absolute atomic E-state index is 5.83. The Morgan fingerprint density at radius 3 is 2.19 bits per heavy atom. The number of hydrogen-bond acceptors (Lipinski definition) is 4. The van der Waals surface area contributed by atoms with E-state index in [1.54, 1.807) is 0 Å². The van der Waals surface area contributed by atoms with E-state index in [1.165, 1.54) is 0 Å². The molecule has 0 fully saturated rings. The highest BCUT2D eigenvalue weighted by molar-refractivity contribution is 14.1. The van der Waals surface area contributed by atoms with E-state index in [4.69, 9.17) is 14.7 Å². The van der Waals surface area contributed by atoms with Crippen LogP contribution in [0.1, 0.15) is 66.4 Å². The van der Waals surface area contributed by atoms with Crippen LogP contribution >= 0.6 is 22.6 Å². The first-order valence-electron chi connectivity index (χ1n) is 7.59. The lowest BCUT2D eigenvalue weighted by Gasteiger charge is -2.28. The molecule has 1 rings (SSSR count). The SMILES string of the molecule is CCCNc1nc(C(C)(C)OCC)nc(C(C)(C)C)c1I. The summed E-state index contributed by atoms with van der Waals surface area (Å²) in [5.41, 5.74) is 0.556. The van der Waals surface area contributed by atoms with Crippen molar-refractivity contribution in [3.8, 4) is 0 Å². The third-order valence-corrected chi connectivity index (χ3v) is 4.17. The third kappa shape index (κ3) is 4.77. The molecule has 0 aliphatic rings. The highest BCUT2D eigenvalue weighted by atomic mass is 127. The fourth-order valence-corrected chi connectivity index (χ4v) is 3.24. The average molecular weight is 405 g/mol. The quantitative estimate of drug-likeness (QED) is 0.710. The highest BCUT2D eigenvalue weighted by Gasteiger charge is 2.30. The van der Waals surface area contributed by atoms with Gasteiger partial charge < -0.3 is 10.1 Å². The van der Waals surface area contributed by atoms with Gasteiger partial charge in [-0.15, -0.1) is 0 Å². The fourth-order valence-electron chi connectivity index (χ4n) is 2.00. The van der Waals surface area contributed by atoms with Crippen LogP contribution in [0.2, 0.25) is 0 Å². The molecule has 0 aliphatic heterocycles.